The number of anilines is 2. The van der Waals surface area contributed by atoms with Crippen LogP contribution in [0.4, 0.5) is 45.5 Å². The minimum absolute atomic E-state index is 0.00306. The number of nitrogen functional groups attached to an aromatic ring is 1. The summed E-state index contributed by atoms with van der Waals surface area (Å²) in [6.45, 7) is 5.54. The van der Waals surface area contributed by atoms with Crippen LogP contribution < -0.4 is 20.8 Å². The molecule has 0 aromatic heterocycles. The second-order valence-corrected chi connectivity index (χ2v) is 13.3. The van der Waals surface area contributed by atoms with Gasteiger partial charge >= 0.3 is 0 Å². The molecule has 0 aliphatic heterocycles. The lowest BCUT2D eigenvalue weighted by Crippen LogP contribution is -2.04. The number of aromatic hydroxyl groups is 1. The average molecular weight is 731 g/mol. The Morgan fingerprint density at radius 2 is 1.21 bits per heavy atom. The summed E-state index contributed by atoms with van der Waals surface area (Å²) in [5, 5.41) is 38.3. The van der Waals surface area contributed by atoms with Crippen molar-refractivity contribution in [1.82, 2.24) is 0 Å². The molecule has 0 spiro atoms. The van der Waals surface area contributed by atoms with Crippen LogP contribution in [0.1, 0.15) is 16.7 Å². The maximum Gasteiger partial charge on any atom is 0.296 e. The molecule has 268 valence electrons. The lowest BCUT2D eigenvalue weighted by molar-refractivity contribution is 0.405. The van der Waals surface area contributed by atoms with Gasteiger partial charge in [0.1, 0.15) is 27.7 Å². The molecule has 0 heterocycles. The van der Waals surface area contributed by atoms with Crippen molar-refractivity contribution in [2.45, 2.75) is 25.7 Å². The third-order valence-electron chi connectivity index (χ3n) is 8.09. The van der Waals surface area contributed by atoms with Gasteiger partial charge in [-0.15, -0.1) is 15.3 Å². The number of phenols is 1. The molecule has 6 aromatic rings. The van der Waals surface area contributed by atoms with Gasteiger partial charge < -0.3 is 20.4 Å². The van der Waals surface area contributed by atoms with Gasteiger partial charge in [-0.2, -0.15) is 23.8 Å². The van der Waals surface area contributed by atoms with Crippen molar-refractivity contribution < 1.29 is 27.7 Å². The van der Waals surface area contributed by atoms with Gasteiger partial charge in [0.2, 0.25) is 0 Å². The van der Waals surface area contributed by atoms with Crippen LogP contribution >= 0.6 is 0 Å². The van der Waals surface area contributed by atoms with Crippen LogP contribution in [0.5, 0.6) is 17.2 Å². The molecular weight excluding hydrogens is 697 g/mol. The SMILES string of the molecule is COc1cc(N=Nc2ccccc2S(=O)(=O)O)c(C)cc1N=Nc1cc(C)c(N=Nc2ccc3cc(NOc4ccc(N)cc4)ccc3c2O)cc1C. The van der Waals surface area contributed by atoms with Crippen molar-refractivity contribution in [3.8, 4) is 17.2 Å². The zero-order valence-electron chi connectivity index (χ0n) is 29.0. The summed E-state index contributed by atoms with van der Waals surface area (Å²) in [7, 11) is -3.00. The van der Waals surface area contributed by atoms with Crippen LogP contribution in [0.2, 0.25) is 0 Å². The second-order valence-electron chi connectivity index (χ2n) is 11.9. The maximum atomic E-state index is 11.7. The Morgan fingerprint density at radius 3 is 1.85 bits per heavy atom. The number of phenolic OH excluding ortho intramolecular Hbond substituents is 1. The molecule has 0 amide bonds. The van der Waals surface area contributed by atoms with Crippen molar-refractivity contribution in [2.75, 3.05) is 18.3 Å². The number of nitrogens with zero attached hydrogens (tertiary/aromatic N) is 6. The van der Waals surface area contributed by atoms with E-state index >= 15 is 0 Å². The maximum absolute atomic E-state index is 11.7. The first-order valence-electron chi connectivity index (χ1n) is 16.1. The Labute approximate surface area is 305 Å². The Morgan fingerprint density at radius 1 is 0.642 bits per heavy atom. The monoisotopic (exact) mass is 730 g/mol. The fraction of sp³-hybridized carbons (Fsp3) is 0.105. The zero-order chi connectivity index (χ0) is 37.7. The summed E-state index contributed by atoms with van der Waals surface area (Å²) < 4.78 is 38.5. The highest BCUT2D eigenvalue weighted by Gasteiger charge is 2.15. The van der Waals surface area contributed by atoms with E-state index in [1.165, 1.54) is 25.3 Å². The zero-order valence-corrected chi connectivity index (χ0v) is 29.8. The minimum atomic E-state index is -4.48. The highest BCUT2D eigenvalue weighted by Crippen LogP contribution is 2.40. The summed E-state index contributed by atoms with van der Waals surface area (Å²) >= 11 is 0. The number of nitrogens with one attached hydrogen (secondary N) is 1. The van der Waals surface area contributed by atoms with Crippen LogP contribution in [-0.2, 0) is 10.1 Å². The molecule has 15 heteroatoms. The van der Waals surface area contributed by atoms with Gasteiger partial charge in [0.25, 0.3) is 10.1 Å². The van der Waals surface area contributed by atoms with Gasteiger partial charge in [-0.3, -0.25) is 4.55 Å². The fourth-order valence-corrected chi connectivity index (χ4v) is 5.82. The predicted molar refractivity (Wildman–Crippen MR) is 203 cm³/mol. The first-order chi connectivity index (χ1) is 25.4. The summed E-state index contributed by atoms with van der Waals surface area (Å²) in [6, 6.07) is 28.7. The van der Waals surface area contributed by atoms with Crippen molar-refractivity contribution in [3.05, 3.63) is 120 Å². The molecule has 53 heavy (non-hydrogen) atoms. The number of benzene rings is 6. The van der Waals surface area contributed by atoms with Crippen LogP contribution in [-0.4, -0.2) is 25.2 Å². The quantitative estimate of drug-likeness (QED) is 0.0435. The highest BCUT2D eigenvalue weighted by molar-refractivity contribution is 7.86. The summed E-state index contributed by atoms with van der Waals surface area (Å²) in [5.74, 6) is 0.968. The number of nitrogens with two attached hydrogens (primary N) is 1. The smallest absolute Gasteiger partial charge is 0.296 e. The van der Waals surface area contributed by atoms with Crippen LogP contribution in [0.15, 0.2) is 139 Å². The molecule has 6 aromatic carbocycles. The Bertz CT molecular complexity index is 2540. The third-order valence-corrected chi connectivity index (χ3v) is 8.99. The van der Waals surface area contributed by atoms with E-state index in [9.17, 15) is 18.1 Å². The minimum Gasteiger partial charge on any atom is -0.505 e. The molecular formula is C38H34N8O6S. The number of methoxy groups -OCH3 is 1. The third kappa shape index (κ3) is 8.44. The van der Waals surface area contributed by atoms with Crippen molar-refractivity contribution in [2.24, 2.45) is 30.7 Å². The highest BCUT2D eigenvalue weighted by atomic mass is 32.2. The van der Waals surface area contributed by atoms with Gasteiger partial charge in [-0.1, -0.05) is 18.2 Å². The summed E-state index contributed by atoms with van der Waals surface area (Å²) in [4.78, 5) is 5.26. The molecule has 0 radical (unpaired) electrons. The molecule has 5 N–H and O–H groups in total. The van der Waals surface area contributed by atoms with E-state index in [2.05, 4.69) is 36.2 Å². The predicted octanol–water partition coefficient (Wildman–Crippen LogP) is 11.0. The molecule has 14 nitrogen and oxygen atoms in total. The van der Waals surface area contributed by atoms with Crippen molar-refractivity contribution in [3.63, 3.8) is 0 Å². The second kappa shape index (κ2) is 15.3. The van der Waals surface area contributed by atoms with Crippen LogP contribution in [0, 0.1) is 20.8 Å². The van der Waals surface area contributed by atoms with Gasteiger partial charge in [-0.05, 0) is 122 Å². The summed E-state index contributed by atoms with van der Waals surface area (Å²) in [6.07, 6.45) is 0. The Balaban J connectivity index is 1.17. The molecule has 6 rings (SSSR count). The molecule has 0 aliphatic rings. The van der Waals surface area contributed by atoms with E-state index in [1.807, 2.05) is 38.1 Å². The van der Waals surface area contributed by atoms with E-state index in [1.54, 1.807) is 67.6 Å². The molecule has 0 saturated heterocycles. The average Bonchev–Trinajstić information content (AvgIpc) is 3.14. The fourth-order valence-electron chi connectivity index (χ4n) is 5.19. The molecule has 0 unspecified atom stereocenters. The normalized spacial score (nSPS) is 11.9. The van der Waals surface area contributed by atoms with Crippen molar-refractivity contribution in [1.29, 1.82) is 0 Å². The Hall–Kier alpha value is -6.71. The van der Waals surface area contributed by atoms with Crippen molar-refractivity contribution >= 4 is 66.4 Å². The number of azo groups is 3. The van der Waals surface area contributed by atoms with E-state index < -0.39 is 10.1 Å². The lowest BCUT2D eigenvalue weighted by Gasteiger charge is -2.10. The van der Waals surface area contributed by atoms with Gasteiger partial charge in [-0.25, -0.2) is 5.48 Å². The van der Waals surface area contributed by atoms with E-state index in [4.69, 9.17) is 15.3 Å². The molecule has 0 atom stereocenters. The molecule has 0 bridgehead atoms. The summed E-state index contributed by atoms with van der Waals surface area (Å²) in [5.41, 5.74) is 14.6. The standard InChI is InChI=1S/C38H34N8O6S/c1-22-18-33(43-45-35-19-24(3)34(21-36(35)51-4)44-40-30-7-5-6-8-37(30)53(48,49)50)23(2)17-32(22)42-41-31-16-9-25-20-27(12-15-29(25)38(31)47)46-52-28-13-10-26(39)11-14-28/h5-21,46-47H,39H2,1-4H3,(H,48,49,50). The molecule has 0 fully saturated rings. The lowest BCUT2D eigenvalue weighted by atomic mass is 10.1. The first kappa shape index (κ1) is 36.1. The number of fused-ring (bicyclic) bond motifs is 1. The van der Waals surface area contributed by atoms with E-state index in [-0.39, 0.29) is 16.3 Å². The molecule has 0 saturated carbocycles. The van der Waals surface area contributed by atoms with Gasteiger partial charge in [0.05, 0.1) is 29.9 Å². The number of aryl methyl sites for hydroxylation is 3. The number of ether oxygens (including phenoxy) is 1. The number of rotatable bonds is 11. The van der Waals surface area contributed by atoms with Gasteiger partial charge in [0, 0.05) is 17.1 Å². The van der Waals surface area contributed by atoms with Gasteiger partial charge in [0.15, 0.2) is 11.5 Å². The largest absolute Gasteiger partial charge is 0.505 e. The van der Waals surface area contributed by atoms with Crippen LogP contribution in [0.3, 0.4) is 0 Å². The number of hydrogen-bond acceptors (Lipinski definition) is 13. The molecule has 0 aliphatic carbocycles. The topological polar surface area (TPSA) is 205 Å². The Kier molecular flexibility index (Phi) is 10.4. The van der Waals surface area contributed by atoms with Crippen LogP contribution in [0.25, 0.3) is 10.8 Å². The number of hydrogen-bond donors (Lipinski definition) is 4. The van der Waals surface area contributed by atoms with E-state index in [0.717, 1.165) is 16.5 Å². The van der Waals surface area contributed by atoms with E-state index in [0.29, 0.717) is 62.3 Å². The first-order valence-corrected chi connectivity index (χ1v) is 17.5.